The molecular weight excluding hydrogens is 200 g/mol. The van der Waals surface area contributed by atoms with E-state index in [0.717, 1.165) is 11.3 Å². The molecule has 76 valence electrons. The van der Waals surface area contributed by atoms with Crippen molar-refractivity contribution in [1.29, 1.82) is 0 Å². The third kappa shape index (κ3) is 2.25. The number of nitrogens with zero attached hydrogens (tertiary/aromatic N) is 1. The van der Waals surface area contributed by atoms with Gasteiger partial charge < -0.3 is 10.6 Å². The molecule has 1 aromatic carbocycles. The van der Waals surface area contributed by atoms with E-state index in [4.69, 9.17) is 17.3 Å². The maximum absolute atomic E-state index is 11.3. The van der Waals surface area contributed by atoms with E-state index in [0.29, 0.717) is 5.02 Å². The zero-order valence-electron chi connectivity index (χ0n) is 8.25. The molecule has 2 N–H and O–H groups in total. The van der Waals surface area contributed by atoms with Crippen LogP contribution in [0.5, 0.6) is 0 Å². The zero-order chi connectivity index (χ0) is 10.7. The van der Waals surface area contributed by atoms with Gasteiger partial charge in [0.25, 0.3) is 0 Å². The molecule has 1 amide bonds. The van der Waals surface area contributed by atoms with Crippen LogP contribution >= 0.6 is 11.6 Å². The van der Waals surface area contributed by atoms with Crippen LogP contribution in [0.4, 0.5) is 5.69 Å². The minimum atomic E-state index is -0.134. The van der Waals surface area contributed by atoms with Crippen LogP contribution in [0.1, 0.15) is 5.56 Å². The van der Waals surface area contributed by atoms with Crippen LogP contribution in [0, 0.1) is 6.92 Å². The fraction of sp³-hybridized carbons (Fsp3) is 0.300. The molecule has 0 aliphatic heterocycles. The number of nitrogens with two attached hydrogens (primary N) is 1. The summed E-state index contributed by atoms with van der Waals surface area (Å²) in [6.07, 6.45) is 0. The van der Waals surface area contributed by atoms with E-state index in [1.807, 2.05) is 19.1 Å². The summed E-state index contributed by atoms with van der Waals surface area (Å²) in [7, 11) is 1.68. The van der Waals surface area contributed by atoms with Crippen LogP contribution in [0.3, 0.4) is 0 Å². The average molecular weight is 213 g/mol. The van der Waals surface area contributed by atoms with Gasteiger partial charge in [0.05, 0.1) is 6.54 Å². The highest BCUT2D eigenvalue weighted by molar-refractivity contribution is 6.31. The molecule has 0 unspecified atom stereocenters. The summed E-state index contributed by atoms with van der Waals surface area (Å²) in [6.45, 7) is 1.92. The summed E-state index contributed by atoms with van der Waals surface area (Å²) in [6, 6.07) is 5.47. The molecule has 1 rings (SSSR count). The molecule has 3 nitrogen and oxygen atoms in total. The van der Waals surface area contributed by atoms with Crippen LogP contribution < -0.4 is 10.6 Å². The third-order valence-electron chi connectivity index (χ3n) is 2.09. The van der Waals surface area contributed by atoms with E-state index < -0.39 is 0 Å². The summed E-state index contributed by atoms with van der Waals surface area (Å²) in [5.74, 6) is -0.134. The maximum Gasteiger partial charge on any atom is 0.240 e. The van der Waals surface area contributed by atoms with E-state index in [1.54, 1.807) is 13.1 Å². The Kier molecular flexibility index (Phi) is 3.49. The minimum absolute atomic E-state index is 0.00198. The van der Waals surface area contributed by atoms with E-state index in [2.05, 4.69) is 0 Å². The van der Waals surface area contributed by atoms with Gasteiger partial charge in [-0.25, -0.2) is 0 Å². The van der Waals surface area contributed by atoms with Gasteiger partial charge in [-0.05, 0) is 24.6 Å². The Balaban J connectivity index is 2.96. The highest BCUT2D eigenvalue weighted by atomic mass is 35.5. The number of anilines is 1. The minimum Gasteiger partial charge on any atom is -0.322 e. The number of amides is 1. The molecule has 14 heavy (non-hydrogen) atoms. The molecule has 0 saturated heterocycles. The molecule has 0 atom stereocenters. The van der Waals surface area contributed by atoms with Crippen molar-refractivity contribution in [3.8, 4) is 0 Å². The van der Waals surface area contributed by atoms with Crippen molar-refractivity contribution in [2.24, 2.45) is 5.73 Å². The largest absolute Gasteiger partial charge is 0.322 e. The topological polar surface area (TPSA) is 46.3 Å². The molecule has 0 spiro atoms. The highest BCUT2D eigenvalue weighted by Gasteiger charge is 2.09. The Labute approximate surface area is 88.5 Å². The lowest BCUT2D eigenvalue weighted by molar-refractivity contribution is -0.117. The van der Waals surface area contributed by atoms with Gasteiger partial charge in [-0.15, -0.1) is 0 Å². The number of benzene rings is 1. The van der Waals surface area contributed by atoms with E-state index >= 15 is 0 Å². The van der Waals surface area contributed by atoms with Gasteiger partial charge in [0.1, 0.15) is 0 Å². The molecule has 0 fully saturated rings. The molecule has 0 radical (unpaired) electrons. The lowest BCUT2D eigenvalue weighted by Gasteiger charge is -2.16. The number of carbonyl (C=O) groups excluding carboxylic acids is 1. The quantitative estimate of drug-likeness (QED) is 0.809. The Morgan fingerprint density at radius 3 is 2.71 bits per heavy atom. The molecule has 0 aromatic heterocycles. The monoisotopic (exact) mass is 212 g/mol. The predicted octanol–water partition coefficient (Wildman–Crippen LogP) is 1.57. The standard InChI is InChI=1S/C10H13ClN2O/c1-7-3-4-8(5-9(7)11)13(2)10(14)6-12/h3-5H,6,12H2,1-2H3. The second-order valence-corrected chi connectivity index (χ2v) is 3.50. The van der Waals surface area contributed by atoms with Crippen LogP contribution in [0.15, 0.2) is 18.2 Å². The van der Waals surface area contributed by atoms with Crippen molar-refractivity contribution in [3.05, 3.63) is 28.8 Å². The van der Waals surface area contributed by atoms with Crippen molar-refractivity contribution in [2.45, 2.75) is 6.92 Å². The van der Waals surface area contributed by atoms with Gasteiger partial charge in [-0.2, -0.15) is 0 Å². The number of hydrogen-bond acceptors (Lipinski definition) is 2. The van der Waals surface area contributed by atoms with Gasteiger partial charge in [0.15, 0.2) is 0 Å². The molecular formula is C10H13ClN2O. The van der Waals surface area contributed by atoms with Gasteiger partial charge in [0, 0.05) is 17.8 Å². The molecule has 4 heteroatoms. The van der Waals surface area contributed by atoms with Gasteiger partial charge in [-0.3, -0.25) is 4.79 Å². The van der Waals surface area contributed by atoms with Crippen molar-refractivity contribution in [2.75, 3.05) is 18.5 Å². The summed E-state index contributed by atoms with van der Waals surface area (Å²) >= 11 is 5.94. The number of likely N-dealkylation sites (N-methyl/N-ethyl adjacent to an activating group) is 1. The summed E-state index contributed by atoms with van der Waals surface area (Å²) in [4.78, 5) is 12.8. The smallest absolute Gasteiger partial charge is 0.240 e. The Bertz CT molecular complexity index is 352. The first-order valence-electron chi connectivity index (χ1n) is 4.29. The molecule has 0 aliphatic carbocycles. The van der Waals surface area contributed by atoms with Gasteiger partial charge >= 0.3 is 0 Å². The first-order chi connectivity index (χ1) is 6.56. The number of aryl methyl sites for hydroxylation is 1. The van der Waals surface area contributed by atoms with Crippen molar-refractivity contribution < 1.29 is 4.79 Å². The van der Waals surface area contributed by atoms with E-state index in [1.165, 1.54) is 4.90 Å². The van der Waals surface area contributed by atoms with E-state index in [9.17, 15) is 4.79 Å². The lowest BCUT2D eigenvalue weighted by Crippen LogP contribution is -2.32. The Morgan fingerprint density at radius 1 is 1.57 bits per heavy atom. The molecule has 0 aliphatic rings. The maximum atomic E-state index is 11.3. The van der Waals surface area contributed by atoms with Crippen LogP contribution in [0.25, 0.3) is 0 Å². The molecule has 0 heterocycles. The molecule has 0 saturated carbocycles. The summed E-state index contributed by atoms with van der Waals surface area (Å²) in [5.41, 5.74) is 7.00. The summed E-state index contributed by atoms with van der Waals surface area (Å²) < 4.78 is 0. The number of hydrogen-bond donors (Lipinski definition) is 1. The summed E-state index contributed by atoms with van der Waals surface area (Å²) in [5, 5.41) is 0.652. The van der Waals surface area contributed by atoms with E-state index in [-0.39, 0.29) is 12.5 Å². The first-order valence-corrected chi connectivity index (χ1v) is 4.67. The van der Waals surface area contributed by atoms with Crippen LogP contribution in [0.2, 0.25) is 5.02 Å². The first kappa shape index (κ1) is 11.0. The lowest BCUT2D eigenvalue weighted by atomic mass is 10.2. The Hall–Kier alpha value is -1.06. The fourth-order valence-electron chi connectivity index (χ4n) is 1.07. The van der Waals surface area contributed by atoms with Crippen molar-refractivity contribution in [1.82, 2.24) is 0 Å². The number of rotatable bonds is 2. The Morgan fingerprint density at radius 2 is 2.21 bits per heavy atom. The van der Waals surface area contributed by atoms with Crippen molar-refractivity contribution in [3.63, 3.8) is 0 Å². The van der Waals surface area contributed by atoms with Crippen LogP contribution in [-0.4, -0.2) is 19.5 Å². The second-order valence-electron chi connectivity index (χ2n) is 3.09. The number of carbonyl (C=O) groups is 1. The van der Waals surface area contributed by atoms with Gasteiger partial charge in [-0.1, -0.05) is 17.7 Å². The fourth-order valence-corrected chi connectivity index (χ4v) is 1.25. The second kappa shape index (κ2) is 4.44. The van der Waals surface area contributed by atoms with Crippen LogP contribution in [-0.2, 0) is 4.79 Å². The average Bonchev–Trinajstić information content (AvgIpc) is 2.20. The molecule has 1 aromatic rings. The number of halogens is 1. The van der Waals surface area contributed by atoms with Crippen molar-refractivity contribution >= 4 is 23.2 Å². The highest BCUT2D eigenvalue weighted by Crippen LogP contribution is 2.22. The molecule has 0 bridgehead atoms. The normalized spacial score (nSPS) is 10.0. The SMILES string of the molecule is Cc1ccc(N(C)C(=O)CN)cc1Cl. The predicted molar refractivity (Wildman–Crippen MR) is 58.7 cm³/mol. The third-order valence-corrected chi connectivity index (χ3v) is 2.50. The van der Waals surface area contributed by atoms with Gasteiger partial charge in [0.2, 0.25) is 5.91 Å². The zero-order valence-corrected chi connectivity index (χ0v) is 9.01.